The Morgan fingerprint density at radius 1 is 1.33 bits per heavy atom. The van der Waals surface area contributed by atoms with E-state index in [4.69, 9.17) is 4.74 Å². The molecule has 140 valence electrons. The van der Waals surface area contributed by atoms with E-state index in [1.165, 1.54) is 24.3 Å². The fraction of sp³-hybridized carbons (Fsp3) is 0.263. The van der Waals surface area contributed by atoms with Crippen molar-refractivity contribution in [3.8, 4) is 0 Å². The van der Waals surface area contributed by atoms with E-state index >= 15 is 0 Å². The van der Waals surface area contributed by atoms with Crippen molar-refractivity contribution in [2.24, 2.45) is 0 Å². The molecule has 0 aliphatic carbocycles. The second-order valence-corrected chi connectivity index (χ2v) is 7.03. The fourth-order valence-corrected chi connectivity index (χ4v) is 3.89. The highest BCUT2D eigenvalue weighted by Gasteiger charge is 2.30. The van der Waals surface area contributed by atoms with E-state index in [9.17, 15) is 19.7 Å². The fourth-order valence-electron chi connectivity index (χ4n) is 3.01. The summed E-state index contributed by atoms with van der Waals surface area (Å²) in [6.45, 7) is 0.336. The predicted octanol–water partition coefficient (Wildman–Crippen LogP) is 3.58. The van der Waals surface area contributed by atoms with E-state index in [0.29, 0.717) is 12.1 Å². The largest absolute Gasteiger partial charge is 0.452 e. The van der Waals surface area contributed by atoms with E-state index in [1.54, 1.807) is 22.3 Å². The number of benzene rings is 1. The molecule has 0 N–H and O–H groups in total. The molecule has 1 aliphatic heterocycles. The van der Waals surface area contributed by atoms with Crippen LogP contribution in [-0.2, 0) is 14.3 Å². The van der Waals surface area contributed by atoms with Crippen molar-refractivity contribution >= 4 is 35.0 Å². The van der Waals surface area contributed by atoms with Gasteiger partial charge in [-0.3, -0.25) is 14.9 Å². The number of esters is 1. The van der Waals surface area contributed by atoms with Crippen molar-refractivity contribution in [3.05, 3.63) is 68.4 Å². The Morgan fingerprint density at radius 2 is 2.19 bits per heavy atom. The third-order valence-electron chi connectivity index (χ3n) is 4.28. The summed E-state index contributed by atoms with van der Waals surface area (Å²) in [4.78, 5) is 37.4. The summed E-state index contributed by atoms with van der Waals surface area (Å²) in [5.41, 5.74) is 0.444. The topological polar surface area (TPSA) is 89.7 Å². The molecular formula is C19H18N2O5S. The van der Waals surface area contributed by atoms with Gasteiger partial charge >= 0.3 is 5.97 Å². The maximum atomic E-state index is 12.4. The zero-order valence-corrected chi connectivity index (χ0v) is 15.3. The minimum atomic E-state index is -0.665. The highest BCUT2D eigenvalue weighted by atomic mass is 32.1. The first-order valence-corrected chi connectivity index (χ1v) is 9.35. The molecule has 0 radical (unpaired) electrons. The zero-order chi connectivity index (χ0) is 19.2. The molecule has 27 heavy (non-hydrogen) atoms. The highest BCUT2D eigenvalue weighted by Crippen LogP contribution is 2.34. The van der Waals surface area contributed by atoms with Gasteiger partial charge in [-0.15, -0.1) is 11.3 Å². The lowest BCUT2D eigenvalue weighted by atomic mass is 10.2. The first-order valence-electron chi connectivity index (χ1n) is 8.47. The number of rotatable bonds is 6. The number of amides is 1. The summed E-state index contributed by atoms with van der Waals surface area (Å²) in [5.74, 6) is -0.885. The molecule has 2 aromatic rings. The predicted molar refractivity (Wildman–Crippen MR) is 101 cm³/mol. The summed E-state index contributed by atoms with van der Waals surface area (Å²) < 4.78 is 5.03. The van der Waals surface area contributed by atoms with Gasteiger partial charge in [0.15, 0.2) is 6.61 Å². The van der Waals surface area contributed by atoms with Gasteiger partial charge in [0.2, 0.25) is 0 Å². The third kappa shape index (κ3) is 4.79. The lowest BCUT2D eigenvalue weighted by molar-refractivity contribution is -0.384. The van der Waals surface area contributed by atoms with Crippen LogP contribution in [0.25, 0.3) is 6.08 Å². The minimum Gasteiger partial charge on any atom is -0.452 e. The molecule has 0 bridgehead atoms. The van der Waals surface area contributed by atoms with E-state index in [1.807, 2.05) is 17.5 Å². The number of thiophene rings is 1. The molecule has 1 aromatic heterocycles. The standard InChI is InChI=1S/C19H18N2O5S/c22-18(20-10-2-6-16(20)17-7-3-11-27-17)13-26-19(23)9-8-14-4-1-5-15(12-14)21(24)25/h1,3-5,7-9,11-12,16H,2,6,10,13H2/b9-8+. The lowest BCUT2D eigenvalue weighted by Crippen LogP contribution is -2.33. The lowest BCUT2D eigenvalue weighted by Gasteiger charge is -2.23. The molecule has 2 heterocycles. The van der Waals surface area contributed by atoms with Crippen LogP contribution < -0.4 is 0 Å². The monoisotopic (exact) mass is 386 g/mol. The number of nitro groups is 1. The highest BCUT2D eigenvalue weighted by molar-refractivity contribution is 7.10. The molecule has 1 atom stereocenters. The van der Waals surface area contributed by atoms with Crippen LogP contribution in [0.4, 0.5) is 5.69 Å². The van der Waals surface area contributed by atoms with Gasteiger partial charge < -0.3 is 9.64 Å². The Morgan fingerprint density at radius 3 is 2.93 bits per heavy atom. The summed E-state index contributed by atoms with van der Waals surface area (Å²) in [5, 5.41) is 12.7. The van der Waals surface area contributed by atoms with Gasteiger partial charge in [-0.2, -0.15) is 0 Å². The maximum absolute atomic E-state index is 12.4. The molecule has 0 saturated carbocycles. The number of hydrogen-bond acceptors (Lipinski definition) is 6. The van der Waals surface area contributed by atoms with E-state index in [-0.39, 0.29) is 24.2 Å². The molecule has 1 amide bonds. The minimum absolute atomic E-state index is 0.0524. The number of likely N-dealkylation sites (tertiary alicyclic amines) is 1. The van der Waals surface area contributed by atoms with Gasteiger partial charge in [0.25, 0.3) is 11.6 Å². The Hall–Kier alpha value is -3.00. The molecule has 0 spiro atoms. The van der Waals surface area contributed by atoms with Gasteiger partial charge in [-0.1, -0.05) is 18.2 Å². The second-order valence-electron chi connectivity index (χ2n) is 6.05. The van der Waals surface area contributed by atoms with Crippen molar-refractivity contribution in [3.63, 3.8) is 0 Å². The van der Waals surface area contributed by atoms with Crippen molar-refractivity contribution in [1.29, 1.82) is 0 Å². The third-order valence-corrected chi connectivity index (χ3v) is 5.25. The van der Waals surface area contributed by atoms with Gasteiger partial charge in [0.1, 0.15) is 0 Å². The molecule has 1 fully saturated rings. The van der Waals surface area contributed by atoms with Crippen molar-refractivity contribution in [2.75, 3.05) is 13.2 Å². The van der Waals surface area contributed by atoms with Crippen LogP contribution in [0.1, 0.15) is 29.3 Å². The van der Waals surface area contributed by atoms with Crippen molar-refractivity contribution in [1.82, 2.24) is 4.90 Å². The quantitative estimate of drug-likeness (QED) is 0.328. The van der Waals surface area contributed by atoms with Crippen molar-refractivity contribution < 1.29 is 19.2 Å². The number of carbonyl (C=O) groups excluding carboxylic acids is 2. The number of hydrogen-bond donors (Lipinski definition) is 0. The molecule has 1 aromatic carbocycles. The first kappa shape index (κ1) is 18.8. The Bertz CT molecular complexity index is 863. The smallest absolute Gasteiger partial charge is 0.331 e. The number of nitro benzene ring substituents is 1. The zero-order valence-electron chi connectivity index (χ0n) is 14.4. The average molecular weight is 386 g/mol. The SMILES string of the molecule is O=C(/C=C/c1cccc([N+](=O)[O-])c1)OCC(=O)N1CCCC1c1cccs1. The summed E-state index contributed by atoms with van der Waals surface area (Å²) in [6, 6.07) is 9.91. The van der Waals surface area contributed by atoms with Gasteiger partial charge in [-0.25, -0.2) is 4.79 Å². The van der Waals surface area contributed by atoms with Gasteiger partial charge in [-0.05, 0) is 35.9 Å². The Balaban J connectivity index is 1.53. The molecule has 7 nitrogen and oxygen atoms in total. The molecule has 3 rings (SSSR count). The molecule has 1 aliphatic rings. The number of ether oxygens (including phenoxy) is 1. The summed E-state index contributed by atoms with van der Waals surface area (Å²) in [7, 11) is 0. The van der Waals surface area contributed by atoms with Gasteiger partial charge in [0.05, 0.1) is 11.0 Å². The summed E-state index contributed by atoms with van der Waals surface area (Å²) >= 11 is 1.61. The average Bonchev–Trinajstić information content (AvgIpc) is 3.35. The van der Waals surface area contributed by atoms with Crippen LogP contribution in [0.3, 0.4) is 0 Å². The van der Waals surface area contributed by atoms with Crippen LogP contribution >= 0.6 is 11.3 Å². The van der Waals surface area contributed by atoms with Crippen LogP contribution in [0.15, 0.2) is 47.9 Å². The van der Waals surface area contributed by atoms with E-state index < -0.39 is 10.9 Å². The van der Waals surface area contributed by atoms with E-state index in [0.717, 1.165) is 23.8 Å². The Labute approximate surface area is 160 Å². The number of non-ortho nitro benzene ring substituents is 1. The first-order chi connectivity index (χ1) is 13.0. The second kappa shape index (κ2) is 8.59. The van der Waals surface area contributed by atoms with Crippen LogP contribution in [0.2, 0.25) is 0 Å². The molecular weight excluding hydrogens is 368 g/mol. The van der Waals surface area contributed by atoms with E-state index in [2.05, 4.69) is 0 Å². The van der Waals surface area contributed by atoms with Crippen molar-refractivity contribution in [2.45, 2.75) is 18.9 Å². The molecule has 1 saturated heterocycles. The Kier molecular flexibility index (Phi) is 5.97. The number of carbonyl (C=O) groups is 2. The number of nitrogens with zero attached hydrogens (tertiary/aromatic N) is 2. The maximum Gasteiger partial charge on any atom is 0.331 e. The van der Waals surface area contributed by atoms with Crippen LogP contribution in [0.5, 0.6) is 0 Å². The van der Waals surface area contributed by atoms with Crippen LogP contribution in [0, 0.1) is 10.1 Å². The summed E-state index contributed by atoms with van der Waals surface area (Å²) in [6.07, 6.45) is 4.42. The molecule has 8 heteroatoms. The van der Waals surface area contributed by atoms with Crippen LogP contribution in [-0.4, -0.2) is 34.9 Å². The normalized spacial score (nSPS) is 16.6. The van der Waals surface area contributed by atoms with Gasteiger partial charge in [0, 0.05) is 29.6 Å². The molecule has 1 unspecified atom stereocenters.